The number of nitrogen functional groups attached to an aromatic ring is 1. The molecule has 0 bridgehead atoms. The second kappa shape index (κ2) is 11.4. The van der Waals surface area contributed by atoms with Gasteiger partial charge in [0.2, 0.25) is 11.8 Å². The molecule has 0 aliphatic carbocycles. The van der Waals surface area contributed by atoms with Gasteiger partial charge in [-0.05, 0) is 38.0 Å². The van der Waals surface area contributed by atoms with E-state index in [1.807, 2.05) is 10.9 Å². The van der Waals surface area contributed by atoms with E-state index in [0.29, 0.717) is 24.4 Å². The van der Waals surface area contributed by atoms with Crippen molar-refractivity contribution in [3.05, 3.63) is 58.2 Å². The van der Waals surface area contributed by atoms with Gasteiger partial charge in [0, 0.05) is 54.1 Å². The minimum Gasteiger partial charge on any atom is -0.482 e. The highest BCUT2D eigenvalue weighted by atomic mass is 35.5. The van der Waals surface area contributed by atoms with Crippen molar-refractivity contribution >= 4 is 40.8 Å². The lowest BCUT2D eigenvalue weighted by Crippen LogP contribution is -2.44. The predicted octanol–water partition coefficient (Wildman–Crippen LogP) is 4.41. The number of anilines is 1. The molecule has 2 aromatic heterocycles. The van der Waals surface area contributed by atoms with E-state index in [1.165, 1.54) is 19.1 Å². The normalized spacial score (nSPS) is 14.9. The van der Waals surface area contributed by atoms with Crippen LogP contribution < -0.4 is 15.8 Å². The van der Waals surface area contributed by atoms with Crippen molar-refractivity contribution in [1.29, 1.82) is 0 Å². The Hall–Kier alpha value is -3.37. The lowest BCUT2D eigenvalue weighted by molar-refractivity contribution is -0.133. The topological polar surface area (TPSA) is 115 Å². The Labute approximate surface area is 223 Å². The first-order valence-electron chi connectivity index (χ1n) is 11.8. The molecule has 196 valence electrons. The highest BCUT2D eigenvalue weighted by molar-refractivity contribution is 6.36. The zero-order valence-corrected chi connectivity index (χ0v) is 21.9. The van der Waals surface area contributed by atoms with E-state index in [0.717, 1.165) is 24.0 Å². The molecule has 37 heavy (non-hydrogen) atoms. The second-order valence-electron chi connectivity index (χ2n) is 8.86. The first-order chi connectivity index (χ1) is 17.6. The van der Waals surface area contributed by atoms with E-state index in [2.05, 4.69) is 15.4 Å². The number of likely N-dealkylation sites (tertiary alicyclic amines) is 1. The van der Waals surface area contributed by atoms with Gasteiger partial charge in [0.25, 0.3) is 0 Å². The summed E-state index contributed by atoms with van der Waals surface area (Å²) in [5.74, 6) is -0.436. The Morgan fingerprint density at radius 2 is 1.97 bits per heavy atom. The monoisotopic (exact) mass is 548 g/mol. The summed E-state index contributed by atoms with van der Waals surface area (Å²) in [6, 6.07) is 4.49. The third-order valence-electron chi connectivity index (χ3n) is 6.29. The minimum absolute atomic E-state index is 0.0106. The standard InChI is InChI=1S/C25H27Cl2FN6O3/c1-14(23-19(26)3-4-20(28)24(23)27)37-21-9-16(10-31-25(21)29)17-11-32-34(13-17)18-5-7-33(8-6-18)22(36)12-30-15(2)35/h3-4,9-11,13-14,18H,5-8,12H2,1-2H3,(H2,29,31)(H,30,35)/t14-/m1/s1. The summed E-state index contributed by atoms with van der Waals surface area (Å²) in [5, 5.41) is 7.24. The highest BCUT2D eigenvalue weighted by Gasteiger charge is 2.25. The van der Waals surface area contributed by atoms with Gasteiger partial charge in [-0.25, -0.2) is 9.37 Å². The Balaban J connectivity index is 1.44. The summed E-state index contributed by atoms with van der Waals surface area (Å²) < 4.78 is 21.9. The lowest BCUT2D eigenvalue weighted by Gasteiger charge is -2.32. The van der Waals surface area contributed by atoms with Crippen LogP contribution in [0.4, 0.5) is 10.2 Å². The average molecular weight is 549 g/mol. The highest BCUT2D eigenvalue weighted by Crippen LogP contribution is 2.37. The molecule has 0 saturated carbocycles. The summed E-state index contributed by atoms with van der Waals surface area (Å²) >= 11 is 12.4. The third-order valence-corrected chi connectivity index (χ3v) is 7.00. The fourth-order valence-electron chi connectivity index (χ4n) is 4.25. The van der Waals surface area contributed by atoms with Crippen molar-refractivity contribution in [2.45, 2.75) is 38.8 Å². The van der Waals surface area contributed by atoms with Crippen molar-refractivity contribution in [3.8, 4) is 16.9 Å². The number of carbonyl (C=O) groups is 2. The molecule has 1 fully saturated rings. The van der Waals surface area contributed by atoms with Crippen LogP contribution in [0.2, 0.25) is 10.0 Å². The van der Waals surface area contributed by atoms with Gasteiger partial charge in [-0.2, -0.15) is 5.10 Å². The Bertz CT molecular complexity index is 1310. The molecule has 3 heterocycles. The lowest BCUT2D eigenvalue weighted by atomic mass is 10.1. The molecular formula is C25H27Cl2FN6O3. The maximum atomic E-state index is 14.0. The maximum Gasteiger partial charge on any atom is 0.241 e. The van der Waals surface area contributed by atoms with Gasteiger partial charge >= 0.3 is 0 Å². The van der Waals surface area contributed by atoms with Crippen LogP contribution in [0.25, 0.3) is 11.1 Å². The summed E-state index contributed by atoms with van der Waals surface area (Å²) in [7, 11) is 0. The van der Waals surface area contributed by atoms with Crippen LogP contribution in [0, 0.1) is 5.82 Å². The molecule has 0 radical (unpaired) electrons. The van der Waals surface area contributed by atoms with Gasteiger partial charge in [0.15, 0.2) is 11.6 Å². The third kappa shape index (κ3) is 6.14. The van der Waals surface area contributed by atoms with E-state index >= 15 is 0 Å². The second-order valence-corrected chi connectivity index (χ2v) is 9.64. The van der Waals surface area contributed by atoms with Crippen LogP contribution in [-0.2, 0) is 9.59 Å². The van der Waals surface area contributed by atoms with E-state index in [1.54, 1.807) is 30.3 Å². The summed E-state index contributed by atoms with van der Waals surface area (Å²) in [5.41, 5.74) is 7.92. The van der Waals surface area contributed by atoms with Gasteiger partial charge in [0.05, 0.1) is 23.8 Å². The fourth-order valence-corrected chi connectivity index (χ4v) is 4.93. The molecule has 0 spiro atoms. The van der Waals surface area contributed by atoms with E-state index < -0.39 is 11.9 Å². The number of piperidine rings is 1. The number of amides is 2. The molecule has 1 saturated heterocycles. The zero-order valence-electron chi connectivity index (χ0n) is 20.4. The van der Waals surface area contributed by atoms with E-state index in [4.69, 9.17) is 33.7 Å². The van der Waals surface area contributed by atoms with Crippen LogP contribution in [0.1, 0.15) is 44.4 Å². The largest absolute Gasteiger partial charge is 0.482 e. The minimum atomic E-state index is -0.684. The molecule has 3 aromatic rings. The molecule has 4 rings (SSSR count). The van der Waals surface area contributed by atoms with E-state index in [9.17, 15) is 14.0 Å². The Morgan fingerprint density at radius 3 is 2.68 bits per heavy atom. The number of halogens is 3. The van der Waals surface area contributed by atoms with Gasteiger partial charge < -0.3 is 20.7 Å². The van der Waals surface area contributed by atoms with Crippen molar-refractivity contribution in [3.63, 3.8) is 0 Å². The van der Waals surface area contributed by atoms with E-state index in [-0.39, 0.29) is 40.3 Å². The number of carbonyl (C=O) groups excluding carboxylic acids is 2. The van der Waals surface area contributed by atoms with Gasteiger partial charge in [-0.15, -0.1) is 0 Å². The molecule has 9 nitrogen and oxygen atoms in total. The molecule has 0 unspecified atom stereocenters. The first kappa shape index (κ1) is 26.7. The van der Waals surface area contributed by atoms with Crippen molar-refractivity contribution < 1.29 is 18.7 Å². The van der Waals surface area contributed by atoms with Crippen molar-refractivity contribution in [2.24, 2.45) is 0 Å². The molecule has 12 heteroatoms. The van der Waals surface area contributed by atoms with Gasteiger partial charge in [0.1, 0.15) is 11.9 Å². The van der Waals surface area contributed by atoms with Crippen molar-refractivity contribution in [1.82, 2.24) is 25.0 Å². The molecule has 1 aliphatic heterocycles. The average Bonchev–Trinajstić information content (AvgIpc) is 3.37. The first-order valence-corrected chi connectivity index (χ1v) is 12.5. The number of aromatic nitrogens is 3. The molecule has 1 atom stereocenters. The van der Waals surface area contributed by atoms with Gasteiger partial charge in [-0.1, -0.05) is 23.2 Å². The van der Waals surface area contributed by atoms with Crippen LogP contribution in [0.3, 0.4) is 0 Å². The molecular weight excluding hydrogens is 522 g/mol. The number of hydrogen-bond donors (Lipinski definition) is 2. The number of benzene rings is 1. The van der Waals surface area contributed by atoms with Crippen LogP contribution in [0.5, 0.6) is 5.75 Å². The number of ether oxygens (including phenoxy) is 1. The SMILES string of the molecule is CC(=O)NCC(=O)N1CCC(n2cc(-c3cnc(N)c(O[C@H](C)c4c(Cl)ccc(F)c4Cl)c3)cn2)CC1. The summed E-state index contributed by atoms with van der Waals surface area (Å²) in [6.45, 7) is 4.27. The molecule has 2 amide bonds. The number of rotatable bonds is 7. The predicted molar refractivity (Wildman–Crippen MR) is 139 cm³/mol. The maximum absolute atomic E-state index is 14.0. The summed E-state index contributed by atoms with van der Waals surface area (Å²) in [4.78, 5) is 29.3. The Morgan fingerprint density at radius 1 is 1.24 bits per heavy atom. The number of hydrogen-bond acceptors (Lipinski definition) is 6. The Kier molecular flexibility index (Phi) is 8.19. The fraction of sp³-hybridized carbons (Fsp3) is 0.360. The van der Waals surface area contributed by atoms with Gasteiger partial charge in [-0.3, -0.25) is 14.3 Å². The van der Waals surface area contributed by atoms with Crippen LogP contribution in [0.15, 0.2) is 36.8 Å². The number of nitrogens with zero attached hydrogens (tertiary/aromatic N) is 4. The van der Waals surface area contributed by atoms with Crippen LogP contribution >= 0.6 is 23.2 Å². The summed E-state index contributed by atoms with van der Waals surface area (Å²) in [6.07, 6.45) is 6.08. The number of nitrogens with two attached hydrogens (primary N) is 1. The number of pyridine rings is 1. The smallest absolute Gasteiger partial charge is 0.241 e. The number of nitrogens with one attached hydrogen (secondary N) is 1. The molecule has 1 aromatic carbocycles. The molecule has 3 N–H and O–H groups in total. The zero-order chi connectivity index (χ0) is 26.7. The quantitative estimate of drug-likeness (QED) is 0.422. The van der Waals surface area contributed by atoms with Crippen LogP contribution in [-0.4, -0.2) is 51.1 Å². The molecule has 1 aliphatic rings. The van der Waals surface area contributed by atoms with Crippen molar-refractivity contribution in [2.75, 3.05) is 25.4 Å².